The number of fused-ring (bicyclic) bond motifs is 1. The molecule has 4 heteroatoms. The zero-order chi connectivity index (χ0) is 16.0. The Morgan fingerprint density at radius 2 is 2.00 bits per heavy atom. The minimum Gasteiger partial charge on any atom is -0.342 e. The standard InChI is InChI=1S/C19H19N3O/c1-12-7-8-13(2)17(9-12)22-11-14(10-18(22)23)19-20-15-5-3-4-6-16(15)21-19/h3-9,14H,10-11H2,1-2H3,(H,20,21)/t14-/m0/s1. The Hall–Kier alpha value is -2.62. The van der Waals surface area contributed by atoms with Crippen LogP contribution in [-0.4, -0.2) is 22.4 Å². The van der Waals surface area contributed by atoms with E-state index in [9.17, 15) is 4.79 Å². The lowest BCUT2D eigenvalue weighted by Gasteiger charge is -2.19. The summed E-state index contributed by atoms with van der Waals surface area (Å²) in [5, 5.41) is 0. The molecule has 0 radical (unpaired) electrons. The Balaban J connectivity index is 1.66. The van der Waals surface area contributed by atoms with Gasteiger partial charge in [0.15, 0.2) is 0 Å². The Kier molecular flexibility index (Phi) is 3.18. The van der Waals surface area contributed by atoms with E-state index >= 15 is 0 Å². The van der Waals surface area contributed by atoms with Gasteiger partial charge in [-0.05, 0) is 43.2 Å². The summed E-state index contributed by atoms with van der Waals surface area (Å²) in [6, 6.07) is 14.2. The molecule has 1 aliphatic rings. The predicted molar refractivity (Wildman–Crippen MR) is 91.7 cm³/mol. The highest BCUT2D eigenvalue weighted by Gasteiger charge is 2.34. The van der Waals surface area contributed by atoms with Gasteiger partial charge in [-0.2, -0.15) is 0 Å². The highest BCUT2D eigenvalue weighted by Crippen LogP contribution is 2.33. The third kappa shape index (κ3) is 2.40. The van der Waals surface area contributed by atoms with Crippen molar-refractivity contribution in [1.29, 1.82) is 0 Å². The lowest BCUT2D eigenvalue weighted by molar-refractivity contribution is -0.117. The smallest absolute Gasteiger partial charge is 0.227 e. The molecule has 1 saturated heterocycles. The molecule has 2 heterocycles. The number of hydrogen-bond donors (Lipinski definition) is 1. The van der Waals surface area contributed by atoms with Gasteiger partial charge in [0, 0.05) is 24.6 Å². The number of carbonyl (C=O) groups excluding carboxylic acids is 1. The summed E-state index contributed by atoms with van der Waals surface area (Å²) >= 11 is 0. The van der Waals surface area contributed by atoms with Gasteiger partial charge in [0.05, 0.1) is 11.0 Å². The fourth-order valence-electron chi connectivity index (χ4n) is 3.30. The molecule has 1 aromatic heterocycles. The van der Waals surface area contributed by atoms with Crippen LogP contribution in [0.2, 0.25) is 0 Å². The molecule has 1 atom stereocenters. The van der Waals surface area contributed by atoms with E-state index in [4.69, 9.17) is 0 Å². The lowest BCUT2D eigenvalue weighted by Crippen LogP contribution is -2.25. The van der Waals surface area contributed by atoms with Crippen molar-refractivity contribution in [2.75, 3.05) is 11.4 Å². The number of carbonyl (C=O) groups is 1. The quantitative estimate of drug-likeness (QED) is 0.785. The molecule has 23 heavy (non-hydrogen) atoms. The van der Waals surface area contributed by atoms with Gasteiger partial charge < -0.3 is 9.88 Å². The summed E-state index contributed by atoms with van der Waals surface area (Å²) in [7, 11) is 0. The number of aromatic nitrogens is 2. The van der Waals surface area contributed by atoms with Crippen molar-refractivity contribution >= 4 is 22.6 Å². The van der Waals surface area contributed by atoms with E-state index in [-0.39, 0.29) is 11.8 Å². The summed E-state index contributed by atoms with van der Waals surface area (Å²) in [5.74, 6) is 1.20. The molecule has 2 aromatic carbocycles. The van der Waals surface area contributed by atoms with Crippen molar-refractivity contribution in [3.63, 3.8) is 0 Å². The maximum Gasteiger partial charge on any atom is 0.227 e. The van der Waals surface area contributed by atoms with Crippen LogP contribution in [0.3, 0.4) is 0 Å². The SMILES string of the molecule is Cc1ccc(C)c(N2C[C@@H](c3nc4ccccc4[nH]3)CC2=O)c1. The maximum absolute atomic E-state index is 12.5. The first-order valence-electron chi connectivity index (χ1n) is 7.94. The highest BCUT2D eigenvalue weighted by atomic mass is 16.2. The van der Waals surface area contributed by atoms with Crippen LogP contribution in [0, 0.1) is 13.8 Å². The molecule has 1 N–H and O–H groups in total. The monoisotopic (exact) mass is 305 g/mol. The van der Waals surface area contributed by atoms with Crippen LogP contribution < -0.4 is 4.90 Å². The summed E-state index contributed by atoms with van der Waals surface area (Å²) in [6.07, 6.45) is 0.507. The molecule has 0 aliphatic carbocycles. The van der Waals surface area contributed by atoms with Crippen molar-refractivity contribution in [1.82, 2.24) is 9.97 Å². The first-order valence-corrected chi connectivity index (χ1v) is 7.94. The summed E-state index contributed by atoms with van der Waals surface area (Å²) < 4.78 is 0. The zero-order valence-electron chi connectivity index (χ0n) is 13.3. The van der Waals surface area contributed by atoms with Gasteiger partial charge in [0.2, 0.25) is 5.91 Å². The molecule has 4 nitrogen and oxygen atoms in total. The molecular formula is C19H19N3O. The molecule has 0 saturated carbocycles. The molecule has 0 spiro atoms. The number of aryl methyl sites for hydroxylation is 2. The number of imidazole rings is 1. The third-order valence-corrected chi connectivity index (χ3v) is 4.57. The van der Waals surface area contributed by atoms with E-state index in [0.717, 1.165) is 28.1 Å². The van der Waals surface area contributed by atoms with Gasteiger partial charge >= 0.3 is 0 Å². The van der Waals surface area contributed by atoms with Crippen LogP contribution in [0.1, 0.15) is 29.3 Å². The minimum atomic E-state index is 0.120. The number of rotatable bonds is 2. The zero-order valence-corrected chi connectivity index (χ0v) is 13.3. The van der Waals surface area contributed by atoms with Gasteiger partial charge in [-0.3, -0.25) is 4.79 Å². The molecule has 4 rings (SSSR count). The normalized spacial score (nSPS) is 18.1. The van der Waals surface area contributed by atoms with Gasteiger partial charge in [-0.15, -0.1) is 0 Å². The third-order valence-electron chi connectivity index (χ3n) is 4.57. The number of H-pyrrole nitrogens is 1. The van der Waals surface area contributed by atoms with E-state index in [1.54, 1.807) is 0 Å². The topological polar surface area (TPSA) is 49.0 Å². The fourth-order valence-corrected chi connectivity index (χ4v) is 3.30. The Labute approximate surface area is 135 Å². The summed E-state index contributed by atoms with van der Waals surface area (Å²) in [6.45, 7) is 4.79. The van der Waals surface area contributed by atoms with Gasteiger partial charge in [-0.1, -0.05) is 24.3 Å². The number of benzene rings is 2. The van der Waals surface area contributed by atoms with Crippen molar-refractivity contribution in [2.45, 2.75) is 26.2 Å². The second-order valence-corrected chi connectivity index (χ2v) is 6.33. The number of nitrogens with one attached hydrogen (secondary N) is 1. The van der Waals surface area contributed by atoms with Crippen LogP contribution in [0.4, 0.5) is 5.69 Å². The fraction of sp³-hybridized carbons (Fsp3) is 0.263. The van der Waals surface area contributed by atoms with E-state index in [2.05, 4.69) is 42.0 Å². The number of para-hydroxylation sites is 2. The second-order valence-electron chi connectivity index (χ2n) is 6.33. The Morgan fingerprint density at radius 3 is 2.83 bits per heavy atom. The van der Waals surface area contributed by atoms with Gasteiger partial charge in [0.1, 0.15) is 5.82 Å². The van der Waals surface area contributed by atoms with E-state index in [1.807, 2.05) is 29.2 Å². The number of nitrogens with zero attached hydrogens (tertiary/aromatic N) is 2. The van der Waals surface area contributed by atoms with Gasteiger partial charge in [0.25, 0.3) is 0 Å². The first kappa shape index (κ1) is 14.0. The van der Waals surface area contributed by atoms with E-state index < -0.39 is 0 Å². The van der Waals surface area contributed by atoms with Crippen LogP contribution in [-0.2, 0) is 4.79 Å². The number of hydrogen-bond acceptors (Lipinski definition) is 2. The van der Waals surface area contributed by atoms with Crippen molar-refractivity contribution in [2.24, 2.45) is 0 Å². The highest BCUT2D eigenvalue weighted by molar-refractivity contribution is 5.97. The average Bonchev–Trinajstić information content (AvgIpc) is 3.13. The summed E-state index contributed by atoms with van der Waals surface area (Å²) in [4.78, 5) is 22.5. The van der Waals surface area contributed by atoms with E-state index in [0.29, 0.717) is 13.0 Å². The Bertz CT molecular complexity index is 864. The molecule has 1 aliphatic heterocycles. The number of aromatic amines is 1. The van der Waals surface area contributed by atoms with Crippen molar-refractivity contribution in [3.8, 4) is 0 Å². The molecule has 0 unspecified atom stereocenters. The van der Waals surface area contributed by atoms with Crippen LogP contribution in [0.15, 0.2) is 42.5 Å². The van der Waals surface area contributed by atoms with Crippen molar-refractivity contribution in [3.05, 3.63) is 59.4 Å². The molecule has 3 aromatic rings. The van der Waals surface area contributed by atoms with Crippen molar-refractivity contribution < 1.29 is 4.79 Å². The largest absolute Gasteiger partial charge is 0.342 e. The maximum atomic E-state index is 12.5. The first-order chi connectivity index (χ1) is 11.1. The van der Waals surface area contributed by atoms with Gasteiger partial charge in [-0.25, -0.2) is 4.98 Å². The van der Waals surface area contributed by atoms with Crippen LogP contribution in [0.25, 0.3) is 11.0 Å². The van der Waals surface area contributed by atoms with E-state index in [1.165, 1.54) is 5.56 Å². The van der Waals surface area contributed by atoms with Crippen LogP contribution >= 0.6 is 0 Å². The molecule has 1 amide bonds. The predicted octanol–water partition coefficient (Wildman–Crippen LogP) is 3.70. The molecule has 1 fully saturated rings. The molecule has 116 valence electrons. The minimum absolute atomic E-state index is 0.120. The average molecular weight is 305 g/mol. The second kappa shape index (κ2) is 5.23. The summed E-state index contributed by atoms with van der Waals surface area (Å²) in [5.41, 5.74) is 5.31. The lowest BCUT2D eigenvalue weighted by atomic mass is 10.1. The Morgan fingerprint density at radius 1 is 1.17 bits per heavy atom. The van der Waals surface area contributed by atoms with Crippen LogP contribution in [0.5, 0.6) is 0 Å². The molecule has 0 bridgehead atoms. The number of anilines is 1. The molecular weight excluding hydrogens is 286 g/mol. The number of amides is 1.